The maximum atomic E-state index is 13.0. The quantitative estimate of drug-likeness (QED) is 0.786. The maximum Gasteiger partial charge on any atom is 0.123 e. The zero-order valence-electron chi connectivity index (χ0n) is 10.4. The van der Waals surface area contributed by atoms with Crippen molar-refractivity contribution in [3.05, 3.63) is 36.3 Å². The van der Waals surface area contributed by atoms with Gasteiger partial charge < -0.3 is 9.88 Å². The van der Waals surface area contributed by atoms with Crippen molar-refractivity contribution in [2.75, 3.05) is 6.54 Å². The Morgan fingerprint density at radius 3 is 2.88 bits per heavy atom. The van der Waals surface area contributed by atoms with E-state index < -0.39 is 0 Å². The van der Waals surface area contributed by atoms with Crippen LogP contribution in [0.4, 0.5) is 4.39 Å². The number of rotatable bonds is 5. The molecule has 0 radical (unpaired) electrons. The van der Waals surface area contributed by atoms with Gasteiger partial charge in [0, 0.05) is 29.7 Å². The molecule has 2 nitrogen and oxygen atoms in total. The standard InChI is InChI=1S/C14H19FN2/c1-11(2)16-7-3-8-17-9-6-12-10-13(15)4-5-14(12)17/h4-6,9-11,16H,3,7-8H2,1-2H3. The summed E-state index contributed by atoms with van der Waals surface area (Å²) in [6.07, 6.45) is 3.11. The lowest BCUT2D eigenvalue weighted by Gasteiger charge is -2.09. The molecule has 0 saturated heterocycles. The van der Waals surface area contributed by atoms with Gasteiger partial charge >= 0.3 is 0 Å². The Kier molecular flexibility index (Phi) is 3.79. The fourth-order valence-electron chi connectivity index (χ4n) is 2.01. The molecule has 1 aromatic carbocycles. The van der Waals surface area contributed by atoms with Crippen molar-refractivity contribution in [1.82, 2.24) is 9.88 Å². The SMILES string of the molecule is CC(C)NCCCn1ccc2cc(F)ccc21. The molecule has 0 saturated carbocycles. The first-order valence-electron chi connectivity index (χ1n) is 6.14. The monoisotopic (exact) mass is 234 g/mol. The molecular formula is C14H19FN2. The van der Waals surface area contributed by atoms with Crippen LogP contribution in [-0.2, 0) is 6.54 Å². The number of aromatic nitrogens is 1. The first-order chi connectivity index (χ1) is 8.16. The zero-order valence-corrected chi connectivity index (χ0v) is 10.4. The van der Waals surface area contributed by atoms with Crippen LogP contribution in [0.2, 0.25) is 0 Å². The van der Waals surface area contributed by atoms with Crippen molar-refractivity contribution in [1.29, 1.82) is 0 Å². The largest absolute Gasteiger partial charge is 0.347 e. The van der Waals surface area contributed by atoms with Gasteiger partial charge in [0.15, 0.2) is 0 Å². The molecule has 1 heterocycles. The van der Waals surface area contributed by atoms with Crippen LogP contribution in [0.25, 0.3) is 10.9 Å². The number of nitrogens with one attached hydrogen (secondary N) is 1. The van der Waals surface area contributed by atoms with E-state index in [1.165, 1.54) is 6.07 Å². The van der Waals surface area contributed by atoms with E-state index in [4.69, 9.17) is 0 Å². The molecule has 0 unspecified atom stereocenters. The van der Waals surface area contributed by atoms with E-state index in [9.17, 15) is 4.39 Å². The van der Waals surface area contributed by atoms with Gasteiger partial charge in [0.1, 0.15) is 5.82 Å². The van der Waals surface area contributed by atoms with Crippen molar-refractivity contribution in [3.63, 3.8) is 0 Å². The van der Waals surface area contributed by atoms with E-state index in [0.29, 0.717) is 6.04 Å². The molecule has 92 valence electrons. The number of hydrogen-bond acceptors (Lipinski definition) is 1. The van der Waals surface area contributed by atoms with E-state index in [-0.39, 0.29) is 5.82 Å². The van der Waals surface area contributed by atoms with Crippen molar-refractivity contribution in [3.8, 4) is 0 Å². The molecule has 1 aromatic heterocycles. The number of nitrogens with zero attached hydrogens (tertiary/aromatic N) is 1. The van der Waals surface area contributed by atoms with Gasteiger partial charge in [-0.3, -0.25) is 0 Å². The minimum atomic E-state index is -0.170. The van der Waals surface area contributed by atoms with Crippen molar-refractivity contribution >= 4 is 10.9 Å². The van der Waals surface area contributed by atoms with Crippen molar-refractivity contribution < 1.29 is 4.39 Å². The summed E-state index contributed by atoms with van der Waals surface area (Å²) in [6, 6.07) is 7.45. The Morgan fingerprint density at radius 2 is 2.12 bits per heavy atom. The van der Waals surface area contributed by atoms with E-state index in [0.717, 1.165) is 30.4 Å². The Balaban J connectivity index is 1.99. The van der Waals surface area contributed by atoms with Gasteiger partial charge in [0.05, 0.1) is 0 Å². The molecule has 17 heavy (non-hydrogen) atoms. The van der Waals surface area contributed by atoms with E-state index >= 15 is 0 Å². The molecule has 0 aliphatic heterocycles. The van der Waals surface area contributed by atoms with E-state index in [2.05, 4.69) is 23.7 Å². The summed E-state index contributed by atoms with van der Waals surface area (Å²) >= 11 is 0. The second kappa shape index (κ2) is 5.32. The van der Waals surface area contributed by atoms with E-state index in [1.54, 1.807) is 6.07 Å². The number of fused-ring (bicyclic) bond motifs is 1. The number of hydrogen-bond donors (Lipinski definition) is 1. The second-order valence-electron chi connectivity index (χ2n) is 4.67. The molecule has 0 atom stereocenters. The van der Waals surface area contributed by atoms with Crippen LogP contribution in [-0.4, -0.2) is 17.2 Å². The summed E-state index contributed by atoms with van der Waals surface area (Å²) in [5.74, 6) is -0.170. The summed E-state index contributed by atoms with van der Waals surface area (Å²) < 4.78 is 15.2. The van der Waals surface area contributed by atoms with Crippen molar-refractivity contribution in [2.45, 2.75) is 32.9 Å². The van der Waals surface area contributed by atoms with Gasteiger partial charge in [0.25, 0.3) is 0 Å². The minimum absolute atomic E-state index is 0.170. The molecule has 2 rings (SSSR count). The topological polar surface area (TPSA) is 17.0 Å². The zero-order chi connectivity index (χ0) is 12.3. The van der Waals surface area contributed by atoms with Crippen LogP contribution in [0, 0.1) is 5.82 Å². The highest BCUT2D eigenvalue weighted by Gasteiger charge is 2.01. The molecule has 3 heteroatoms. The average Bonchev–Trinajstić information content (AvgIpc) is 2.66. The molecule has 0 spiro atoms. The van der Waals surface area contributed by atoms with Crippen LogP contribution in [0.15, 0.2) is 30.5 Å². The first kappa shape index (κ1) is 12.1. The van der Waals surface area contributed by atoms with Crippen molar-refractivity contribution in [2.24, 2.45) is 0 Å². The molecule has 1 N–H and O–H groups in total. The third kappa shape index (κ3) is 3.07. The number of halogens is 1. The lowest BCUT2D eigenvalue weighted by Crippen LogP contribution is -2.24. The van der Waals surface area contributed by atoms with Crippen LogP contribution >= 0.6 is 0 Å². The van der Waals surface area contributed by atoms with Gasteiger partial charge in [-0.05, 0) is 37.2 Å². The predicted octanol–water partition coefficient (Wildman–Crippen LogP) is 3.17. The summed E-state index contributed by atoms with van der Waals surface area (Å²) in [5.41, 5.74) is 1.11. The Hall–Kier alpha value is -1.35. The first-order valence-corrected chi connectivity index (χ1v) is 6.14. The smallest absolute Gasteiger partial charge is 0.123 e. The Labute approximate surface area is 101 Å². The lowest BCUT2D eigenvalue weighted by molar-refractivity contribution is 0.541. The highest BCUT2D eigenvalue weighted by Crippen LogP contribution is 2.17. The summed E-state index contributed by atoms with van der Waals surface area (Å²) in [4.78, 5) is 0. The molecular weight excluding hydrogens is 215 g/mol. The Bertz CT molecular complexity index is 488. The van der Waals surface area contributed by atoms with Gasteiger partial charge in [-0.25, -0.2) is 4.39 Å². The Morgan fingerprint density at radius 1 is 1.29 bits per heavy atom. The number of aryl methyl sites for hydroxylation is 1. The third-order valence-corrected chi connectivity index (χ3v) is 2.86. The third-order valence-electron chi connectivity index (χ3n) is 2.86. The molecule has 0 amide bonds. The lowest BCUT2D eigenvalue weighted by atomic mass is 10.2. The minimum Gasteiger partial charge on any atom is -0.347 e. The average molecular weight is 234 g/mol. The molecule has 0 aliphatic rings. The normalized spacial score (nSPS) is 11.5. The molecule has 2 aromatic rings. The van der Waals surface area contributed by atoms with Gasteiger partial charge in [-0.15, -0.1) is 0 Å². The van der Waals surface area contributed by atoms with Crippen LogP contribution in [0.3, 0.4) is 0 Å². The fraction of sp³-hybridized carbons (Fsp3) is 0.429. The summed E-state index contributed by atoms with van der Waals surface area (Å²) in [6.45, 7) is 6.27. The fourth-order valence-corrected chi connectivity index (χ4v) is 2.01. The summed E-state index contributed by atoms with van der Waals surface area (Å²) in [5, 5.41) is 4.37. The van der Waals surface area contributed by atoms with E-state index in [1.807, 2.05) is 18.3 Å². The predicted molar refractivity (Wildman–Crippen MR) is 69.7 cm³/mol. The molecule has 0 fully saturated rings. The second-order valence-corrected chi connectivity index (χ2v) is 4.67. The van der Waals surface area contributed by atoms with Crippen LogP contribution in [0.5, 0.6) is 0 Å². The van der Waals surface area contributed by atoms with Crippen LogP contribution < -0.4 is 5.32 Å². The van der Waals surface area contributed by atoms with Gasteiger partial charge in [0.2, 0.25) is 0 Å². The van der Waals surface area contributed by atoms with Gasteiger partial charge in [-0.1, -0.05) is 13.8 Å². The highest BCUT2D eigenvalue weighted by atomic mass is 19.1. The maximum absolute atomic E-state index is 13.0. The van der Waals surface area contributed by atoms with Crippen LogP contribution in [0.1, 0.15) is 20.3 Å². The van der Waals surface area contributed by atoms with Gasteiger partial charge in [-0.2, -0.15) is 0 Å². The number of benzene rings is 1. The highest BCUT2D eigenvalue weighted by molar-refractivity contribution is 5.80. The molecule has 0 aliphatic carbocycles. The summed E-state index contributed by atoms with van der Waals surface area (Å²) in [7, 11) is 0. The molecule has 0 bridgehead atoms.